The van der Waals surface area contributed by atoms with Gasteiger partial charge in [-0.2, -0.15) is 0 Å². The summed E-state index contributed by atoms with van der Waals surface area (Å²) >= 11 is 0. The van der Waals surface area contributed by atoms with Gasteiger partial charge in [0.1, 0.15) is 11.6 Å². The first-order valence-corrected chi connectivity index (χ1v) is 13.2. The molecule has 0 atom stereocenters. The lowest BCUT2D eigenvalue weighted by Gasteiger charge is -2.35. The SMILES string of the molecule is CCCN(Cc1cc(-c2cccc(C(C)=N)c2)ccc1C)c1nc(CNC)nc2c1CC(C)(C)CC2. The van der Waals surface area contributed by atoms with Gasteiger partial charge < -0.3 is 15.6 Å². The number of anilines is 1. The molecule has 2 aromatic carbocycles. The lowest BCUT2D eigenvalue weighted by molar-refractivity contribution is 0.311. The zero-order valence-electron chi connectivity index (χ0n) is 22.8. The molecule has 0 aliphatic heterocycles. The zero-order chi connectivity index (χ0) is 25.9. The molecular weight excluding hydrogens is 442 g/mol. The van der Waals surface area contributed by atoms with Crippen molar-refractivity contribution in [3.63, 3.8) is 0 Å². The summed E-state index contributed by atoms with van der Waals surface area (Å²) in [7, 11) is 1.96. The average molecular weight is 484 g/mol. The molecule has 1 aliphatic carbocycles. The van der Waals surface area contributed by atoms with E-state index in [0.29, 0.717) is 12.3 Å². The van der Waals surface area contributed by atoms with Crippen LogP contribution in [0.25, 0.3) is 11.1 Å². The Morgan fingerprint density at radius 3 is 2.61 bits per heavy atom. The van der Waals surface area contributed by atoms with Crippen molar-refractivity contribution in [2.24, 2.45) is 5.41 Å². The number of aromatic nitrogens is 2. The van der Waals surface area contributed by atoms with Crippen LogP contribution in [-0.2, 0) is 25.9 Å². The minimum Gasteiger partial charge on any atom is -0.352 e. The van der Waals surface area contributed by atoms with Gasteiger partial charge in [0.25, 0.3) is 0 Å². The molecule has 0 radical (unpaired) electrons. The van der Waals surface area contributed by atoms with E-state index in [2.05, 4.69) is 68.2 Å². The van der Waals surface area contributed by atoms with Gasteiger partial charge in [0.15, 0.2) is 0 Å². The van der Waals surface area contributed by atoms with Crippen LogP contribution in [0, 0.1) is 17.7 Å². The maximum atomic E-state index is 8.03. The van der Waals surface area contributed by atoms with Gasteiger partial charge in [0.05, 0.1) is 6.54 Å². The Morgan fingerprint density at radius 1 is 1.11 bits per heavy atom. The molecule has 0 amide bonds. The van der Waals surface area contributed by atoms with Crippen molar-refractivity contribution in [1.82, 2.24) is 15.3 Å². The van der Waals surface area contributed by atoms with Crippen LogP contribution in [0.2, 0.25) is 0 Å². The van der Waals surface area contributed by atoms with Gasteiger partial charge in [-0.15, -0.1) is 0 Å². The van der Waals surface area contributed by atoms with Crippen molar-refractivity contribution in [1.29, 1.82) is 5.41 Å². The van der Waals surface area contributed by atoms with E-state index in [1.165, 1.54) is 34.4 Å². The minimum absolute atomic E-state index is 0.265. The summed E-state index contributed by atoms with van der Waals surface area (Å²) < 4.78 is 0. The van der Waals surface area contributed by atoms with Crippen molar-refractivity contribution in [3.8, 4) is 11.1 Å². The van der Waals surface area contributed by atoms with E-state index in [0.717, 1.165) is 55.1 Å². The third kappa shape index (κ3) is 5.84. The second-order valence-corrected chi connectivity index (χ2v) is 11.0. The predicted molar refractivity (Wildman–Crippen MR) is 151 cm³/mol. The van der Waals surface area contributed by atoms with Gasteiger partial charge in [-0.05, 0) is 91.9 Å². The second-order valence-electron chi connectivity index (χ2n) is 11.0. The molecule has 2 N–H and O–H groups in total. The van der Waals surface area contributed by atoms with E-state index in [9.17, 15) is 0 Å². The van der Waals surface area contributed by atoms with Crippen molar-refractivity contribution in [3.05, 3.63) is 76.2 Å². The number of benzene rings is 2. The molecule has 0 bridgehead atoms. The third-order valence-corrected chi connectivity index (χ3v) is 7.28. The van der Waals surface area contributed by atoms with E-state index in [-0.39, 0.29) is 5.41 Å². The van der Waals surface area contributed by atoms with E-state index in [1.807, 2.05) is 26.1 Å². The summed E-state index contributed by atoms with van der Waals surface area (Å²) in [5.41, 5.74) is 9.34. The summed E-state index contributed by atoms with van der Waals surface area (Å²) in [4.78, 5) is 12.6. The quantitative estimate of drug-likeness (QED) is 0.341. The molecule has 4 rings (SSSR count). The molecule has 0 spiro atoms. The molecule has 0 saturated heterocycles. The number of hydrogen-bond acceptors (Lipinski definition) is 5. The van der Waals surface area contributed by atoms with Crippen molar-refractivity contribution in [2.45, 2.75) is 73.4 Å². The Kier molecular flexibility index (Phi) is 7.89. The highest BCUT2D eigenvalue weighted by molar-refractivity contribution is 5.97. The predicted octanol–water partition coefficient (Wildman–Crippen LogP) is 6.49. The molecule has 3 aromatic rings. The maximum Gasteiger partial charge on any atom is 0.144 e. The van der Waals surface area contributed by atoms with Crippen molar-refractivity contribution < 1.29 is 0 Å². The highest BCUT2D eigenvalue weighted by Crippen LogP contribution is 2.38. The molecule has 5 heteroatoms. The molecular formula is C31H41N5. The zero-order valence-corrected chi connectivity index (χ0v) is 22.8. The molecule has 1 aliphatic rings. The van der Waals surface area contributed by atoms with E-state index in [4.69, 9.17) is 15.4 Å². The van der Waals surface area contributed by atoms with Crippen LogP contribution in [0.15, 0.2) is 42.5 Å². The summed E-state index contributed by atoms with van der Waals surface area (Å²) in [6, 6.07) is 15.1. The fourth-order valence-electron chi connectivity index (χ4n) is 5.17. The highest BCUT2D eigenvalue weighted by Gasteiger charge is 2.31. The number of nitrogens with zero attached hydrogens (tertiary/aromatic N) is 3. The average Bonchev–Trinajstić information content (AvgIpc) is 2.84. The smallest absolute Gasteiger partial charge is 0.144 e. The Hall–Kier alpha value is -3.05. The second kappa shape index (κ2) is 10.9. The van der Waals surface area contributed by atoms with Crippen molar-refractivity contribution >= 4 is 11.5 Å². The number of nitrogens with one attached hydrogen (secondary N) is 2. The fraction of sp³-hybridized carbons (Fsp3) is 0.452. The van der Waals surface area contributed by atoms with Crippen LogP contribution in [0.4, 0.5) is 5.82 Å². The minimum atomic E-state index is 0.265. The number of aryl methyl sites for hydroxylation is 2. The number of fused-ring (bicyclic) bond motifs is 1. The fourth-order valence-corrected chi connectivity index (χ4v) is 5.17. The molecule has 1 aromatic heterocycles. The molecule has 5 nitrogen and oxygen atoms in total. The van der Waals surface area contributed by atoms with Crippen molar-refractivity contribution in [2.75, 3.05) is 18.5 Å². The van der Waals surface area contributed by atoms with Gasteiger partial charge >= 0.3 is 0 Å². The monoisotopic (exact) mass is 483 g/mol. The van der Waals surface area contributed by atoms with Crippen LogP contribution in [0.3, 0.4) is 0 Å². The lowest BCUT2D eigenvalue weighted by Crippen LogP contribution is -2.32. The maximum absolute atomic E-state index is 8.03. The Bertz CT molecular complexity index is 1240. The third-order valence-electron chi connectivity index (χ3n) is 7.28. The van der Waals surface area contributed by atoms with Crippen LogP contribution < -0.4 is 10.2 Å². The summed E-state index contributed by atoms with van der Waals surface area (Å²) in [5.74, 6) is 2.00. The first kappa shape index (κ1) is 26.0. The molecule has 0 unspecified atom stereocenters. The largest absolute Gasteiger partial charge is 0.352 e. The van der Waals surface area contributed by atoms with Crippen LogP contribution in [0.5, 0.6) is 0 Å². The molecule has 36 heavy (non-hydrogen) atoms. The number of hydrogen-bond donors (Lipinski definition) is 2. The Balaban J connectivity index is 1.74. The number of rotatable bonds is 9. The molecule has 190 valence electrons. The topological polar surface area (TPSA) is 64.9 Å². The summed E-state index contributed by atoms with van der Waals surface area (Å²) in [6.07, 6.45) is 4.26. The first-order chi connectivity index (χ1) is 17.2. The normalized spacial score (nSPS) is 14.4. The van der Waals surface area contributed by atoms with Gasteiger partial charge in [-0.25, -0.2) is 9.97 Å². The molecule has 0 fully saturated rings. The van der Waals surface area contributed by atoms with E-state index in [1.54, 1.807) is 0 Å². The van der Waals surface area contributed by atoms with Gasteiger partial charge in [0, 0.05) is 30.1 Å². The standard InChI is InChI=1S/C31H41N5/c1-7-15-36(30-27-18-31(4,5)14-13-28(27)34-29(35-30)19-33-6)20-26-17-25(12-11-21(26)2)24-10-8-9-23(16-24)22(3)32/h8-12,16-17,32-33H,7,13-15,18-20H2,1-6H3. The summed E-state index contributed by atoms with van der Waals surface area (Å²) in [6.45, 7) is 13.5. The Morgan fingerprint density at radius 2 is 1.89 bits per heavy atom. The van der Waals surface area contributed by atoms with Gasteiger partial charge in [-0.3, -0.25) is 0 Å². The van der Waals surface area contributed by atoms with Crippen LogP contribution >= 0.6 is 0 Å². The lowest BCUT2D eigenvalue weighted by atomic mass is 9.76. The molecule has 1 heterocycles. The van der Waals surface area contributed by atoms with Crippen LogP contribution in [-0.4, -0.2) is 29.3 Å². The van der Waals surface area contributed by atoms with Gasteiger partial charge in [0.2, 0.25) is 0 Å². The Labute approximate surface area is 216 Å². The van der Waals surface area contributed by atoms with E-state index >= 15 is 0 Å². The molecule has 0 saturated carbocycles. The summed E-state index contributed by atoms with van der Waals surface area (Å²) in [5, 5.41) is 11.3. The van der Waals surface area contributed by atoms with E-state index < -0.39 is 0 Å². The highest BCUT2D eigenvalue weighted by atomic mass is 15.2. The first-order valence-electron chi connectivity index (χ1n) is 13.2. The van der Waals surface area contributed by atoms with Gasteiger partial charge in [-0.1, -0.05) is 51.1 Å². The van der Waals surface area contributed by atoms with Crippen LogP contribution in [0.1, 0.15) is 74.3 Å².